The molecular weight excluding hydrogens is 260 g/mol. The van der Waals surface area contributed by atoms with Crippen LogP contribution in [-0.4, -0.2) is 52.1 Å². The summed E-state index contributed by atoms with van der Waals surface area (Å²) in [6, 6.07) is 8.89. The molecule has 110 valence electrons. The van der Waals surface area contributed by atoms with Crippen LogP contribution in [0.15, 0.2) is 30.3 Å². The molecule has 0 aromatic heterocycles. The Morgan fingerprint density at radius 1 is 1.35 bits per heavy atom. The zero-order valence-electron chi connectivity index (χ0n) is 11.4. The summed E-state index contributed by atoms with van der Waals surface area (Å²) >= 11 is 0. The van der Waals surface area contributed by atoms with Crippen LogP contribution in [0.3, 0.4) is 0 Å². The van der Waals surface area contributed by atoms with Crippen molar-refractivity contribution in [3.63, 3.8) is 0 Å². The number of aliphatic hydroxyl groups excluding tert-OH is 2. The molecule has 5 heteroatoms. The molecular formula is C15H20O5. The first-order valence-electron chi connectivity index (χ1n) is 6.79. The molecule has 3 N–H and O–H groups in total. The van der Waals surface area contributed by atoms with Crippen molar-refractivity contribution in [3.05, 3.63) is 35.9 Å². The number of ketones is 1. The van der Waals surface area contributed by atoms with E-state index in [-0.39, 0.29) is 5.78 Å². The van der Waals surface area contributed by atoms with Crippen molar-refractivity contribution in [2.24, 2.45) is 0 Å². The molecule has 4 atom stereocenters. The Labute approximate surface area is 117 Å². The lowest BCUT2D eigenvalue weighted by Gasteiger charge is -2.26. The number of carbonyl (C=O) groups is 1. The Morgan fingerprint density at radius 3 is 2.55 bits per heavy atom. The Kier molecular flexibility index (Phi) is 4.55. The van der Waals surface area contributed by atoms with Crippen molar-refractivity contribution < 1.29 is 24.9 Å². The van der Waals surface area contributed by atoms with Gasteiger partial charge in [0.2, 0.25) is 0 Å². The van der Waals surface area contributed by atoms with Crippen LogP contribution in [-0.2, 0) is 9.53 Å². The molecule has 0 saturated heterocycles. The van der Waals surface area contributed by atoms with Gasteiger partial charge in [-0.1, -0.05) is 37.3 Å². The summed E-state index contributed by atoms with van der Waals surface area (Å²) in [5, 5.41) is 29.5. The number of benzene rings is 1. The van der Waals surface area contributed by atoms with Crippen molar-refractivity contribution >= 4 is 5.78 Å². The highest BCUT2D eigenvalue weighted by atomic mass is 16.5. The second-order valence-electron chi connectivity index (χ2n) is 5.07. The fourth-order valence-electron chi connectivity index (χ4n) is 2.54. The van der Waals surface area contributed by atoms with E-state index >= 15 is 0 Å². The van der Waals surface area contributed by atoms with Gasteiger partial charge in [-0.2, -0.15) is 0 Å². The summed E-state index contributed by atoms with van der Waals surface area (Å²) in [4.78, 5) is 12.0. The molecule has 1 aromatic carbocycles. The third-order valence-corrected chi connectivity index (χ3v) is 3.62. The normalized spacial score (nSPS) is 28.2. The fourth-order valence-corrected chi connectivity index (χ4v) is 2.54. The van der Waals surface area contributed by atoms with Crippen molar-refractivity contribution in [1.82, 2.24) is 0 Å². The number of Topliss-reactive ketones (excluding diaryl/α,β-unsaturated/α-hetero) is 1. The van der Waals surface area contributed by atoms with Gasteiger partial charge in [0.1, 0.15) is 12.2 Å². The second kappa shape index (κ2) is 6.01. The third-order valence-electron chi connectivity index (χ3n) is 3.62. The largest absolute Gasteiger partial charge is 0.394 e. The lowest BCUT2D eigenvalue weighted by molar-refractivity contribution is -0.141. The first-order chi connectivity index (χ1) is 9.57. The minimum atomic E-state index is -1.75. The summed E-state index contributed by atoms with van der Waals surface area (Å²) in [5.74, 6) is -1.08. The van der Waals surface area contributed by atoms with E-state index in [9.17, 15) is 15.0 Å². The van der Waals surface area contributed by atoms with Gasteiger partial charge >= 0.3 is 0 Å². The predicted molar refractivity (Wildman–Crippen MR) is 72.3 cm³/mol. The van der Waals surface area contributed by atoms with Gasteiger partial charge in [-0.15, -0.1) is 0 Å². The summed E-state index contributed by atoms with van der Waals surface area (Å²) < 4.78 is 5.41. The maximum Gasteiger partial charge on any atom is 0.179 e. The van der Waals surface area contributed by atoms with Gasteiger partial charge in [-0.25, -0.2) is 0 Å². The van der Waals surface area contributed by atoms with Gasteiger partial charge in [0, 0.05) is 6.61 Å². The summed E-state index contributed by atoms with van der Waals surface area (Å²) in [6.07, 6.45) is -1.70. The van der Waals surface area contributed by atoms with Gasteiger partial charge in [0.25, 0.3) is 0 Å². The maximum absolute atomic E-state index is 12.0. The number of aliphatic hydroxyl groups is 3. The Bertz CT molecular complexity index is 461. The lowest BCUT2D eigenvalue weighted by atomic mass is 10.0. The molecule has 1 aliphatic carbocycles. The average molecular weight is 280 g/mol. The summed E-state index contributed by atoms with van der Waals surface area (Å²) in [7, 11) is 0. The zero-order chi connectivity index (χ0) is 14.8. The van der Waals surface area contributed by atoms with Gasteiger partial charge < -0.3 is 20.1 Å². The number of hydrogen-bond acceptors (Lipinski definition) is 5. The molecule has 0 bridgehead atoms. The lowest BCUT2D eigenvalue weighted by Crippen LogP contribution is -2.45. The monoisotopic (exact) mass is 280 g/mol. The predicted octanol–water partition coefficient (Wildman–Crippen LogP) is 0.232. The van der Waals surface area contributed by atoms with Gasteiger partial charge in [-0.3, -0.25) is 4.79 Å². The third kappa shape index (κ3) is 2.50. The number of rotatable bonds is 7. The van der Waals surface area contributed by atoms with E-state index in [0.29, 0.717) is 18.6 Å². The van der Waals surface area contributed by atoms with Crippen LogP contribution >= 0.6 is 0 Å². The number of carbonyl (C=O) groups excluding carboxylic acids is 1. The van der Waals surface area contributed by atoms with Crippen molar-refractivity contribution in [3.8, 4) is 0 Å². The van der Waals surface area contributed by atoms with Crippen molar-refractivity contribution in [1.29, 1.82) is 0 Å². The molecule has 0 spiro atoms. The Balaban J connectivity index is 2.22. The van der Waals surface area contributed by atoms with Crippen LogP contribution < -0.4 is 0 Å². The molecule has 1 aromatic rings. The first kappa shape index (κ1) is 15.1. The molecule has 2 rings (SSSR count). The van der Waals surface area contributed by atoms with Gasteiger partial charge in [-0.05, 0) is 12.0 Å². The van der Waals surface area contributed by atoms with Crippen molar-refractivity contribution in [2.45, 2.75) is 37.1 Å². The highest BCUT2D eigenvalue weighted by molar-refractivity contribution is 6.12. The first-order valence-corrected chi connectivity index (χ1v) is 6.79. The van der Waals surface area contributed by atoms with E-state index in [4.69, 9.17) is 9.84 Å². The van der Waals surface area contributed by atoms with Crippen LogP contribution in [0.4, 0.5) is 0 Å². The number of ether oxygens (including phenoxy) is 1. The molecule has 0 aliphatic heterocycles. The van der Waals surface area contributed by atoms with Crippen LogP contribution in [0.2, 0.25) is 0 Å². The fraction of sp³-hybridized carbons (Fsp3) is 0.533. The molecule has 1 aliphatic rings. The van der Waals surface area contributed by atoms with E-state index in [1.165, 1.54) is 0 Å². The van der Waals surface area contributed by atoms with E-state index in [2.05, 4.69) is 0 Å². The molecule has 5 nitrogen and oxygen atoms in total. The van der Waals surface area contributed by atoms with E-state index in [0.717, 1.165) is 0 Å². The highest BCUT2D eigenvalue weighted by Crippen LogP contribution is 2.51. The van der Waals surface area contributed by atoms with Crippen LogP contribution in [0.1, 0.15) is 24.8 Å². The molecule has 20 heavy (non-hydrogen) atoms. The Morgan fingerprint density at radius 2 is 2.00 bits per heavy atom. The Hall–Kier alpha value is -1.27. The van der Waals surface area contributed by atoms with Crippen LogP contribution in [0, 0.1) is 0 Å². The topological polar surface area (TPSA) is 87.0 Å². The highest BCUT2D eigenvalue weighted by Gasteiger charge is 2.70. The van der Waals surface area contributed by atoms with Gasteiger partial charge in [0.05, 0.1) is 12.5 Å². The van der Waals surface area contributed by atoms with E-state index in [1.54, 1.807) is 24.3 Å². The second-order valence-corrected chi connectivity index (χ2v) is 5.07. The molecule has 1 fully saturated rings. The standard InChI is InChI=1S/C15H20O5/c1-2-8-20-14(11(17)9-16)15(19)12(13(15)18)10-6-4-3-5-7-10/h3-7,11-12,14,16-17,19H,2,8-9H2,1H3/t11-,12?,14+,15+/m1/s1. The van der Waals surface area contributed by atoms with E-state index in [1.807, 2.05) is 13.0 Å². The van der Waals surface area contributed by atoms with Crippen LogP contribution in [0.5, 0.6) is 0 Å². The summed E-state index contributed by atoms with van der Waals surface area (Å²) in [5.41, 5.74) is -1.06. The quantitative estimate of drug-likeness (QED) is 0.665. The summed E-state index contributed by atoms with van der Waals surface area (Å²) in [6.45, 7) is 1.63. The zero-order valence-corrected chi connectivity index (χ0v) is 11.4. The molecule has 1 unspecified atom stereocenters. The maximum atomic E-state index is 12.0. The van der Waals surface area contributed by atoms with Crippen LogP contribution in [0.25, 0.3) is 0 Å². The number of hydrogen-bond donors (Lipinski definition) is 3. The minimum absolute atomic E-state index is 0.304. The van der Waals surface area contributed by atoms with E-state index < -0.39 is 30.3 Å². The molecule has 0 heterocycles. The minimum Gasteiger partial charge on any atom is -0.394 e. The SMILES string of the molecule is CCCO[C@@H]([C@H](O)CO)[C@@]1(O)C(=O)C1c1ccccc1. The molecule has 0 amide bonds. The molecule has 1 saturated carbocycles. The average Bonchev–Trinajstić information content (AvgIpc) is 3.02. The smallest absolute Gasteiger partial charge is 0.179 e. The van der Waals surface area contributed by atoms with Gasteiger partial charge in [0.15, 0.2) is 11.4 Å². The van der Waals surface area contributed by atoms with Crippen molar-refractivity contribution in [2.75, 3.05) is 13.2 Å². The molecule has 0 radical (unpaired) electrons.